The van der Waals surface area contributed by atoms with Crippen LogP contribution in [0.1, 0.15) is 31.2 Å². The Morgan fingerprint density at radius 3 is 2.26 bits per heavy atom. The zero-order valence-electron chi connectivity index (χ0n) is 11.2. The van der Waals surface area contributed by atoms with Gasteiger partial charge in [0.15, 0.2) is 0 Å². The lowest BCUT2D eigenvalue weighted by Crippen LogP contribution is -2.33. The molecule has 2 aromatic rings. The van der Waals surface area contributed by atoms with Crippen LogP contribution in [-0.2, 0) is 12.6 Å². The van der Waals surface area contributed by atoms with Crippen LogP contribution in [0.5, 0.6) is 0 Å². The molecule has 0 bridgehead atoms. The molecule has 1 aromatic heterocycles. The number of aromatic nitrogens is 2. The molecule has 1 aromatic carbocycles. The number of hydrogen-bond donors (Lipinski definition) is 1. The molecule has 0 radical (unpaired) electrons. The van der Waals surface area contributed by atoms with Gasteiger partial charge in [-0.15, -0.1) is 0 Å². The highest BCUT2D eigenvalue weighted by molar-refractivity contribution is 5.37. The van der Waals surface area contributed by atoms with Crippen molar-refractivity contribution in [3.8, 4) is 5.69 Å². The van der Waals surface area contributed by atoms with E-state index in [9.17, 15) is 4.79 Å². The summed E-state index contributed by atoms with van der Waals surface area (Å²) in [6.07, 6.45) is 8.06. The first-order chi connectivity index (χ1) is 9.10. The Hall–Kier alpha value is -1.81. The second-order valence-corrected chi connectivity index (χ2v) is 5.47. The minimum atomic E-state index is -0.166. The van der Waals surface area contributed by atoms with Crippen molar-refractivity contribution in [3.63, 3.8) is 0 Å². The number of aryl methyl sites for hydroxylation is 1. The third-order valence-corrected chi connectivity index (χ3v) is 4.16. The highest BCUT2D eigenvalue weighted by Crippen LogP contribution is 2.36. The van der Waals surface area contributed by atoms with Gasteiger partial charge in [0.2, 0.25) is 0 Å². The van der Waals surface area contributed by atoms with Crippen molar-refractivity contribution in [1.29, 1.82) is 0 Å². The maximum atomic E-state index is 11.9. The third kappa shape index (κ3) is 2.02. The quantitative estimate of drug-likeness (QED) is 0.893. The van der Waals surface area contributed by atoms with Gasteiger partial charge in [-0.2, -0.15) is 0 Å². The van der Waals surface area contributed by atoms with Crippen LogP contribution in [0, 0.1) is 0 Å². The first kappa shape index (κ1) is 12.2. The molecule has 3 rings (SSSR count). The molecule has 1 saturated carbocycles. The predicted octanol–water partition coefficient (Wildman–Crippen LogP) is 1.90. The van der Waals surface area contributed by atoms with E-state index in [1.807, 2.05) is 12.1 Å². The zero-order chi connectivity index (χ0) is 13.5. The van der Waals surface area contributed by atoms with Crippen molar-refractivity contribution in [2.45, 2.75) is 31.2 Å². The number of hydrogen-bond acceptors (Lipinski definition) is 2. The monoisotopic (exact) mass is 257 g/mol. The molecule has 2 N–H and O–H groups in total. The van der Waals surface area contributed by atoms with Gasteiger partial charge in [-0.25, -0.2) is 4.79 Å². The van der Waals surface area contributed by atoms with Crippen molar-refractivity contribution in [2.24, 2.45) is 12.8 Å². The first-order valence-electron chi connectivity index (χ1n) is 6.74. The Morgan fingerprint density at radius 1 is 1.11 bits per heavy atom. The van der Waals surface area contributed by atoms with Crippen LogP contribution in [-0.4, -0.2) is 9.13 Å². The van der Waals surface area contributed by atoms with Gasteiger partial charge in [-0.3, -0.25) is 4.57 Å². The van der Waals surface area contributed by atoms with Crippen molar-refractivity contribution < 1.29 is 0 Å². The molecule has 0 atom stereocenters. The second kappa shape index (κ2) is 4.38. The van der Waals surface area contributed by atoms with E-state index in [0.29, 0.717) is 0 Å². The lowest BCUT2D eigenvalue weighted by molar-refractivity contribution is 0.461. The molecule has 1 fully saturated rings. The third-order valence-electron chi connectivity index (χ3n) is 4.16. The SMILES string of the molecule is Cn1ccn(-c2ccc(C3(N)CCCC3)cc2)c1=O. The number of imidazole rings is 1. The van der Waals surface area contributed by atoms with Crippen LogP contribution in [0.15, 0.2) is 41.5 Å². The second-order valence-electron chi connectivity index (χ2n) is 5.47. The van der Waals surface area contributed by atoms with Gasteiger partial charge in [0.05, 0.1) is 5.69 Å². The van der Waals surface area contributed by atoms with Gasteiger partial charge in [0.1, 0.15) is 0 Å². The topological polar surface area (TPSA) is 52.9 Å². The largest absolute Gasteiger partial charge is 0.332 e. The van der Waals surface area contributed by atoms with Crippen LogP contribution in [0.3, 0.4) is 0 Å². The van der Waals surface area contributed by atoms with Crippen molar-refractivity contribution >= 4 is 0 Å². The Kier molecular flexibility index (Phi) is 2.82. The molecule has 4 heteroatoms. The van der Waals surface area contributed by atoms with E-state index >= 15 is 0 Å². The van der Waals surface area contributed by atoms with Crippen LogP contribution < -0.4 is 11.4 Å². The smallest absolute Gasteiger partial charge is 0.321 e. The van der Waals surface area contributed by atoms with E-state index in [1.54, 1.807) is 28.6 Å². The Labute approximate surface area is 112 Å². The molecular formula is C15H19N3O. The van der Waals surface area contributed by atoms with Crippen LogP contribution in [0.2, 0.25) is 0 Å². The molecule has 100 valence electrons. The minimum absolute atomic E-state index is 0.0314. The van der Waals surface area contributed by atoms with Gasteiger partial charge in [-0.05, 0) is 30.5 Å². The van der Waals surface area contributed by atoms with E-state index in [0.717, 1.165) is 18.5 Å². The fraction of sp³-hybridized carbons (Fsp3) is 0.400. The van der Waals surface area contributed by atoms with Gasteiger partial charge < -0.3 is 10.3 Å². The zero-order valence-corrected chi connectivity index (χ0v) is 11.2. The van der Waals surface area contributed by atoms with Gasteiger partial charge >= 0.3 is 5.69 Å². The lowest BCUT2D eigenvalue weighted by Gasteiger charge is -2.24. The summed E-state index contributed by atoms with van der Waals surface area (Å²) in [5, 5.41) is 0. The summed E-state index contributed by atoms with van der Waals surface area (Å²) in [6, 6.07) is 8.06. The lowest BCUT2D eigenvalue weighted by atomic mass is 9.89. The number of nitrogens with zero attached hydrogens (tertiary/aromatic N) is 2. The van der Waals surface area contributed by atoms with E-state index in [2.05, 4.69) is 12.1 Å². The number of rotatable bonds is 2. The molecule has 19 heavy (non-hydrogen) atoms. The molecule has 4 nitrogen and oxygen atoms in total. The van der Waals surface area contributed by atoms with E-state index in [4.69, 9.17) is 5.73 Å². The highest BCUT2D eigenvalue weighted by atomic mass is 16.1. The summed E-state index contributed by atoms with van der Waals surface area (Å²) >= 11 is 0. The average Bonchev–Trinajstić information content (AvgIpc) is 2.99. The number of benzene rings is 1. The Balaban J connectivity index is 1.95. The fourth-order valence-corrected chi connectivity index (χ4v) is 2.91. The van der Waals surface area contributed by atoms with Crippen molar-refractivity contribution in [3.05, 3.63) is 52.7 Å². The maximum absolute atomic E-state index is 11.9. The van der Waals surface area contributed by atoms with E-state index in [-0.39, 0.29) is 11.2 Å². The minimum Gasteiger partial charge on any atom is -0.321 e. The number of nitrogens with two attached hydrogens (primary N) is 1. The highest BCUT2D eigenvalue weighted by Gasteiger charge is 2.30. The standard InChI is InChI=1S/C15H19N3O/c1-17-10-11-18(14(17)19)13-6-4-12(5-7-13)15(16)8-2-3-9-15/h4-7,10-11H,2-3,8-9,16H2,1H3. The molecule has 0 saturated heterocycles. The molecule has 0 unspecified atom stereocenters. The van der Waals surface area contributed by atoms with Crippen LogP contribution in [0.25, 0.3) is 5.69 Å². The van der Waals surface area contributed by atoms with Gasteiger partial charge in [0, 0.05) is 25.0 Å². The normalized spacial score (nSPS) is 17.8. The molecule has 1 aliphatic rings. The summed E-state index contributed by atoms with van der Waals surface area (Å²) in [4.78, 5) is 11.9. The fourth-order valence-electron chi connectivity index (χ4n) is 2.91. The van der Waals surface area contributed by atoms with Crippen LogP contribution >= 0.6 is 0 Å². The molecular weight excluding hydrogens is 238 g/mol. The van der Waals surface area contributed by atoms with Gasteiger partial charge in [0.25, 0.3) is 0 Å². The summed E-state index contributed by atoms with van der Waals surface area (Å²) in [5.74, 6) is 0. The molecule has 0 amide bonds. The molecule has 1 heterocycles. The maximum Gasteiger partial charge on any atom is 0.332 e. The Morgan fingerprint density at radius 2 is 1.74 bits per heavy atom. The summed E-state index contributed by atoms with van der Waals surface area (Å²) in [6.45, 7) is 0. The van der Waals surface area contributed by atoms with E-state index in [1.165, 1.54) is 18.4 Å². The first-order valence-corrected chi connectivity index (χ1v) is 6.74. The average molecular weight is 257 g/mol. The summed E-state index contributed by atoms with van der Waals surface area (Å²) in [7, 11) is 1.75. The van der Waals surface area contributed by atoms with Crippen molar-refractivity contribution in [1.82, 2.24) is 9.13 Å². The van der Waals surface area contributed by atoms with E-state index < -0.39 is 0 Å². The summed E-state index contributed by atoms with van der Waals surface area (Å²) in [5.41, 5.74) is 8.30. The van der Waals surface area contributed by atoms with Crippen molar-refractivity contribution in [2.75, 3.05) is 0 Å². The molecule has 0 aliphatic heterocycles. The van der Waals surface area contributed by atoms with Gasteiger partial charge in [-0.1, -0.05) is 25.0 Å². The molecule has 1 aliphatic carbocycles. The van der Waals surface area contributed by atoms with Crippen LogP contribution in [0.4, 0.5) is 0 Å². The predicted molar refractivity (Wildman–Crippen MR) is 75.3 cm³/mol. The molecule has 0 spiro atoms. The summed E-state index contributed by atoms with van der Waals surface area (Å²) < 4.78 is 3.21. The Bertz CT molecular complexity index is 630.